The topological polar surface area (TPSA) is 75.6 Å². The Morgan fingerprint density at radius 1 is 1.08 bits per heavy atom. The number of aromatic nitrogens is 4. The van der Waals surface area contributed by atoms with Gasteiger partial charge in [-0.3, -0.25) is 14.6 Å². The highest BCUT2D eigenvalue weighted by molar-refractivity contribution is 5.94. The van der Waals surface area contributed by atoms with E-state index in [0.717, 1.165) is 35.1 Å². The molecule has 1 amide bonds. The molecule has 2 aromatic carbocycles. The van der Waals surface area contributed by atoms with E-state index < -0.39 is 0 Å². The quantitative estimate of drug-likeness (QED) is 0.527. The number of aryl methyl sites for hydroxylation is 1. The minimum Gasteiger partial charge on any atom is -0.352 e. The molecule has 0 bridgehead atoms. The Labute approximate surface area is 150 Å². The maximum absolute atomic E-state index is 12.3. The molecule has 4 rings (SSSR count). The van der Waals surface area contributed by atoms with E-state index in [0.29, 0.717) is 12.1 Å². The van der Waals surface area contributed by atoms with Crippen molar-refractivity contribution in [1.29, 1.82) is 0 Å². The first-order valence-corrected chi connectivity index (χ1v) is 8.60. The van der Waals surface area contributed by atoms with Gasteiger partial charge in [0, 0.05) is 30.2 Å². The van der Waals surface area contributed by atoms with Gasteiger partial charge < -0.3 is 5.32 Å². The number of para-hydroxylation sites is 1. The number of rotatable bonds is 6. The second-order valence-corrected chi connectivity index (χ2v) is 6.08. The van der Waals surface area contributed by atoms with E-state index >= 15 is 0 Å². The van der Waals surface area contributed by atoms with Gasteiger partial charge >= 0.3 is 0 Å². The summed E-state index contributed by atoms with van der Waals surface area (Å²) in [4.78, 5) is 12.3. The summed E-state index contributed by atoms with van der Waals surface area (Å²) in [6, 6.07) is 17.5. The van der Waals surface area contributed by atoms with Crippen LogP contribution in [0.1, 0.15) is 16.8 Å². The molecule has 26 heavy (non-hydrogen) atoms. The Hall–Kier alpha value is -3.41. The monoisotopic (exact) mass is 345 g/mol. The Morgan fingerprint density at radius 3 is 2.73 bits per heavy atom. The fourth-order valence-corrected chi connectivity index (χ4v) is 2.95. The Morgan fingerprint density at radius 2 is 1.92 bits per heavy atom. The first-order valence-electron chi connectivity index (χ1n) is 8.60. The van der Waals surface area contributed by atoms with Gasteiger partial charge in [-0.25, -0.2) is 0 Å². The van der Waals surface area contributed by atoms with Crippen LogP contribution in [0.5, 0.6) is 0 Å². The van der Waals surface area contributed by atoms with Crippen molar-refractivity contribution in [2.24, 2.45) is 0 Å². The summed E-state index contributed by atoms with van der Waals surface area (Å²) in [5.74, 6) is -0.0634. The van der Waals surface area contributed by atoms with Crippen molar-refractivity contribution < 1.29 is 4.79 Å². The molecule has 6 heteroatoms. The van der Waals surface area contributed by atoms with E-state index in [-0.39, 0.29) is 5.91 Å². The third-order valence-electron chi connectivity index (χ3n) is 4.34. The summed E-state index contributed by atoms with van der Waals surface area (Å²) in [6.07, 6.45) is 4.40. The molecule has 2 aromatic heterocycles. The Balaban J connectivity index is 1.30. The van der Waals surface area contributed by atoms with Crippen LogP contribution in [0.3, 0.4) is 0 Å². The third kappa shape index (κ3) is 3.35. The van der Waals surface area contributed by atoms with Crippen molar-refractivity contribution in [2.45, 2.75) is 13.0 Å². The lowest BCUT2D eigenvalue weighted by Gasteiger charge is -2.07. The van der Waals surface area contributed by atoms with Gasteiger partial charge in [0.1, 0.15) is 0 Å². The largest absolute Gasteiger partial charge is 0.352 e. The van der Waals surface area contributed by atoms with Gasteiger partial charge in [0.25, 0.3) is 5.91 Å². The molecular formula is C20H19N5O. The van der Waals surface area contributed by atoms with Gasteiger partial charge in [0.15, 0.2) is 0 Å². The molecule has 0 fully saturated rings. The molecule has 0 radical (unpaired) electrons. The molecule has 0 aliphatic rings. The van der Waals surface area contributed by atoms with Gasteiger partial charge in [0.05, 0.1) is 17.4 Å². The van der Waals surface area contributed by atoms with E-state index in [2.05, 4.69) is 26.7 Å². The zero-order chi connectivity index (χ0) is 17.8. The van der Waals surface area contributed by atoms with Gasteiger partial charge in [0.2, 0.25) is 0 Å². The zero-order valence-electron chi connectivity index (χ0n) is 14.2. The van der Waals surface area contributed by atoms with Crippen molar-refractivity contribution in [3.63, 3.8) is 0 Å². The van der Waals surface area contributed by atoms with Gasteiger partial charge in [-0.15, -0.1) is 0 Å². The molecule has 0 saturated heterocycles. The number of hydrogen-bond donors (Lipinski definition) is 2. The molecule has 4 aromatic rings. The van der Waals surface area contributed by atoms with Crippen molar-refractivity contribution in [2.75, 3.05) is 6.54 Å². The first kappa shape index (κ1) is 16.1. The van der Waals surface area contributed by atoms with Crippen molar-refractivity contribution in [3.05, 3.63) is 72.6 Å². The lowest BCUT2D eigenvalue weighted by molar-refractivity contribution is 0.0952. The van der Waals surface area contributed by atoms with E-state index in [1.807, 2.05) is 59.4 Å². The number of aromatic amines is 1. The van der Waals surface area contributed by atoms with Gasteiger partial charge in [-0.05, 0) is 36.2 Å². The highest BCUT2D eigenvalue weighted by Crippen LogP contribution is 2.16. The van der Waals surface area contributed by atoms with Crippen LogP contribution in [0.2, 0.25) is 0 Å². The maximum Gasteiger partial charge on any atom is 0.251 e. The molecule has 0 spiro atoms. The van der Waals surface area contributed by atoms with Crippen molar-refractivity contribution in [3.8, 4) is 11.3 Å². The number of fused-ring (bicyclic) bond motifs is 1. The summed E-state index contributed by atoms with van der Waals surface area (Å²) >= 11 is 0. The van der Waals surface area contributed by atoms with E-state index in [9.17, 15) is 4.79 Å². The fourth-order valence-electron chi connectivity index (χ4n) is 2.95. The highest BCUT2D eigenvalue weighted by atomic mass is 16.1. The number of nitrogens with one attached hydrogen (secondary N) is 2. The molecule has 0 aliphatic carbocycles. The standard InChI is InChI=1S/C20H19N5O/c26-20(16-8-6-15(7-9-16)18-10-12-22-24-18)21-11-3-13-25-19-5-2-1-4-17(19)14-23-25/h1-2,4-10,12,14H,3,11,13H2,(H,21,26)(H,22,24). The Kier molecular flexibility index (Phi) is 4.47. The predicted molar refractivity (Wildman–Crippen MR) is 101 cm³/mol. The van der Waals surface area contributed by atoms with Gasteiger partial charge in [-0.2, -0.15) is 10.2 Å². The van der Waals surface area contributed by atoms with Crippen LogP contribution in [0.15, 0.2) is 67.0 Å². The predicted octanol–water partition coefficient (Wildman–Crippen LogP) is 3.25. The van der Waals surface area contributed by atoms with E-state index in [1.54, 1.807) is 6.20 Å². The summed E-state index contributed by atoms with van der Waals surface area (Å²) < 4.78 is 1.97. The lowest BCUT2D eigenvalue weighted by Crippen LogP contribution is -2.25. The van der Waals surface area contributed by atoms with Crippen molar-refractivity contribution >= 4 is 16.8 Å². The summed E-state index contributed by atoms with van der Waals surface area (Å²) in [5.41, 5.74) is 3.71. The molecular weight excluding hydrogens is 326 g/mol. The fraction of sp³-hybridized carbons (Fsp3) is 0.150. The zero-order valence-corrected chi connectivity index (χ0v) is 14.2. The normalized spacial score (nSPS) is 10.9. The van der Waals surface area contributed by atoms with E-state index in [1.165, 1.54) is 0 Å². The van der Waals surface area contributed by atoms with Crippen LogP contribution < -0.4 is 5.32 Å². The summed E-state index contributed by atoms with van der Waals surface area (Å²) in [6.45, 7) is 1.38. The molecule has 0 aliphatic heterocycles. The number of carbonyl (C=O) groups excluding carboxylic acids is 1. The van der Waals surface area contributed by atoms with Gasteiger partial charge in [-0.1, -0.05) is 30.3 Å². The number of amides is 1. The summed E-state index contributed by atoms with van der Waals surface area (Å²) in [7, 11) is 0. The molecule has 6 nitrogen and oxygen atoms in total. The Bertz CT molecular complexity index is 1000. The average molecular weight is 345 g/mol. The van der Waals surface area contributed by atoms with Crippen LogP contribution in [0.4, 0.5) is 0 Å². The second kappa shape index (κ2) is 7.23. The minimum atomic E-state index is -0.0634. The summed E-state index contributed by atoms with van der Waals surface area (Å²) in [5, 5.41) is 15.3. The number of carbonyl (C=O) groups is 1. The molecule has 0 atom stereocenters. The number of H-pyrrole nitrogens is 1. The molecule has 2 N–H and O–H groups in total. The first-order chi connectivity index (χ1) is 12.8. The molecule has 2 heterocycles. The SMILES string of the molecule is O=C(NCCCn1ncc2ccccc21)c1ccc(-c2ccn[nH]2)cc1. The average Bonchev–Trinajstić information content (AvgIpc) is 3.35. The van der Waals surface area contributed by atoms with E-state index in [4.69, 9.17) is 0 Å². The van der Waals surface area contributed by atoms with Crippen LogP contribution in [-0.4, -0.2) is 32.4 Å². The minimum absolute atomic E-state index is 0.0634. The smallest absolute Gasteiger partial charge is 0.251 e. The number of nitrogens with zero attached hydrogens (tertiary/aromatic N) is 3. The second-order valence-electron chi connectivity index (χ2n) is 6.08. The van der Waals surface area contributed by atoms with Crippen molar-refractivity contribution in [1.82, 2.24) is 25.3 Å². The molecule has 0 saturated carbocycles. The van der Waals surface area contributed by atoms with Crippen LogP contribution in [0, 0.1) is 0 Å². The van der Waals surface area contributed by atoms with Crippen LogP contribution in [0.25, 0.3) is 22.2 Å². The number of hydrogen-bond acceptors (Lipinski definition) is 3. The molecule has 130 valence electrons. The molecule has 0 unspecified atom stereocenters. The maximum atomic E-state index is 12.3. The lowest BCUT2D eigenvalue weighted by atomic mass is 10.1. The third-order valence-corrected chi connectivity index (χ3v) is 4.34. The van der Waals surface area contributed by atoms with Crippen LogP contribution in [-0.2, 0) is 6.54 Å². The number of benzene rings is 2. The van der Waals surface area contributed by atoms with Crippen LogP contribution >= 0.6 is 0 Å². The highest BCUT2D eigenvalue weighted by Gasteiger charge is 2.06.